The lowest BCUT2D eigenvalue weighted by atomic mass is 9.91. The molecule has 0 bridgehead atoms. The summed E-state index contributed by atoms with van der Waals surface area (Å²) in [6.07, 6.45) is 1.44. The van der Waals surface area contributed by atoms with Crippen LogP contribution in [0.15, 0.2) is 24.3 Å². The highest BCUT2D eigenvalue weighted by Gasteiger charge is 2.41. The molecule has 2 aliphatic rings. The Kier molecular flexibility index (Phi) is 3.63. The Morgan fingerprint density at radius 3 is 2.90 bits per heavy atom. The Bertz CT molecular complexity index is 488. The summed E-state index contributed by atoms with van der Waals surface area (Å²) < 4.78 is 0. The summed E-state index contributed by atoms with van der Waals surface area (Å²) in [4.78, 5) is 14.0. The number of benzene rings is 1. The van der Waals surface area contributed by atoms with Crippen LogP contribution in [0.1, 0.15) is 24.5 Å². The number of anilines is 1. The van der Waals surface area contributed by atoms with Crippen molar-refractivity contribution in [3.8, 4) is 0 Å². The maximum atomic E-state index is 11.7. The first kappa shape index (κ1) is 13.4. The molecule has 0 aliphatic carbocycles. The molecule has 0 saturated carbocycles. The normalized spacial score (nSPS) is 27.9. The van der Waals surface area contributed by atoms with Crippen molar-refractivity contribution in [1.29, 1.82) is 0 Å². The molecule has 2 saturated heterocycles. The van der Waals surface area contributed by atoms with E-state index >= 15 is 0 Å². The fourth-order valence-electron chi connectivity index (χ4n) is 3.31. The summed E-state index contributed by atoms with van der Waals surface area (Å²) in [7, 11) is 0. The molecule has 108 valence electrons. The van der Waals surface area contributed by atoms with Crippen molar-refractivity contribution in [2.45, 2.75) is 25.0 Å². The maximum Gasteiger partial charge on any atom is 0.224 e. The highest BCUT2D eigenvalue weighted by Crippen LogP contribution is 2.29. The number of carbonyl (C=O) groups excluding carboxylic acids is 1. The van der Waals surface area contributed by atoms with Gasteiger partial charge in [0.2, 0.25) is 5.91 Å². The van der Waals surface area contributed by atoms with Crippen LogP contribution in [0.4, 0.5) is 5.69 Å². The Balaban J connectivity index is 1.67. The number of amides is 1. The number of rotatable bonds is 3. The van der Waals surface area contributed by atoms with Gasteiger partial charge < -0.3 is 16.2 Å². The SMILES string of the molecule is Nc1ccc(C(O)CN2CCCC3C(=O)NCC32)cc1. The van der Waals surface area contributed by atoms with Gasteiger partial charge in [0.05, 0.1) is 12.0 Å². The van der Waals surface area contributed by atoms with Gasteiger partial charge in [-0.3, -0.25) is 9.69 Å². The van der Waals surface area contributed by atoms with Crippen LogP contribution in [0.5, 0.6) is 0 Å². The van der Waals surface area contributed by atoms with E-state index in [1.165, 1.54) is 0 Å². The van der Waals surface area contributed by atoms with Crippen molar-refractivity contribution in [3.05, 3.63) is 29.8 Å². The number of nitrogen functional groups attached to an aromatic ring is 1. The predicted octanol–water partition coefficient (Wildman–Crippen LogP) is 0.513. The molecular weight excluding hydrogens is 254 g/mol. The topological polar surface area (TPSA) is 78.6 Å². The first-order valence-electron chi connectivity index (χ1n) is 7.20. The van der Waals surface area contributed by atoms with Gasteiger partial charge in [-0.05, 0) is 37.1 Å². The number of aliphatic hydroxyl groups excluding tert-OH is 1. The minimum atomic E-state index is -0.537. The van der Waals surface area contributed by atoms with E-state index in [-0.39, 0.29) is 17.9 Å². The van der Waals surface area contributed by atoms with E-state index in [0.29, 0.717) is 18.8 Å². The molecule has 5 nitrogen and oxygen atoms in total. The molecular formula is C15H21N3O2. The van der Waals surface area contributed by atoms with Crippen LogP contribution in [0.25, 0.3) is 0 Å². The van der Waals surface area contributed by atoms with Crippen LogP contribution >= 0.6 is 0 Å². The summed E-state index contributed by atoms with van der Waals surface area (Å²) in [5.41, 5.74) is 7.23. The van der Waals surface area contributed by atoms with Crippen LogP contribution in [-0.2, 0) is 4.79 Å². The average molecular weight is 275 g/mol. The van der Waals surface area contributed by atoms with Crippen molar-refractivity contribution < 1.29 is 9.90 Å². The standard InChI is InChI=1S/C15H21N3O2/c16-11-5-3-10(4-6-11)14(19)9-18-7-1-2-12-13(18)8-17-15(12)20/h3-6,12-14,19H,1-2,7-9,16H2,(H,17,20). The lowest BCUT2D eigenvalue weighted by Gasteiger charge is -2.37. The monoisotopic (exact) mass is 275 g/mol. The number of carbonyl (C=O) groups is 1. The molecule has 0 spiro atoms. The van der Waals surface area contributed by atoms with E-state index in [2.05, 4.69) is 10.2 Å². The van der Waals surface area contributed by atoms with E-state index in [1.807, 2.05) is 12.1 Å². The second-order valence-corrected chi connectivity index (χ2v) is 5.74. The molecule has 1 aromatic carbocycles. The lowest BCUT2D eigenvalue weighted by Crippen LogP contribution is -2.47. The third-order valence-corrected chi connectivity index (χ3v) is 4.44. The maximum absolute atomic E-state index is 11.7. The van der Waals surface area contributed by atoms with Gasteiger partial charge in [-0.2, -0.15) is 0 Å². The summed E-state index contributed by atoms with van der Waals surface area (Å²) in [6, 6.07) is 7.56. The summed E-state index contributed by atoms with van der Waals surface area (Å²) in [5, 5.41) is 13.3. The first-order valence-corrected chi connectivity index (χ1v) is 7.20. The van der Waals surface area contributed by atoms with Crippen molar-refractivity contribution >= 4 is 11.6 Å². The van der Waals surface area contributed by atoms with Crippen molar-refractivity contribution in [2.75, 3.05) is 25.4 Å². The second kappa shape index (κ2) is 5.42. The van der Waals surface area contributed by atoms with Crippen LogP contribution in [0.2, 0.25) is 0 Å². The largest absolute Gasteiger partial charge is 0.399 e. The molecule has 3 rings (SSSR count). The molecule has 1 amide bonds. The number of nitrogens with one attached hydrogen (secondary N) is 1. The lowest BCUT2D eigenvalue weighted by molar-refractivity contribution is -0.124. The van der Waals surface area contributed by atoms with Crippen LogP contribution in [-0.4, -0.2) is 41.6 Å². The van der Waals surface area contributed by atoms with E-state index in [1.54, 1.807) is 12.1 Å². The Morgan fingerprint density at radius 2 is 2.15 bits per heavy atom. The van der Waals surface area contributed by atoms with Gasteiger partial charge >= 0.3 is 0 Å². The molecule has 1 aromatic rings. The molecule has 2 fully saturated rings. The van der Waals surface area contributed by atoms with Gasteiger partial charge in [0.25, 0.3) is 0 Å². The summed E-state index contributed by atoms with van der Waals surface area (Å²) in [5.74, 6) is 0.268. The van der Waals surface area contributed by atoms with Crippen LogP contribution < -0.4 is 11.1 Å². The molecule has 3 unspecified atom stereocenters. The molecule has 0 radical (unpaired) electrons. The quantitative estimate of drug-likeness (QED) is 0.702. The molecule has 2 aliphatic heterocycles. The number of hydrogen-bond acceptors (Lipinski definition) is 4. The fraction of sp³-hybridized carbons (Fsp3) is 0.533. The van der Waals surface area contributed by atoms with E-state index in [0.717, 1.165) is 24.9 Å². The van der Waals surface area contributed by atoms with Gasteiger partial charge in [-0.25, -0.2) is 0 Å². The number of nitrogens with two attached hydrogens (primary N) is 1. The smallest absolute Gasteiger partial charge is 0.224 e. The van der Waals surface area contributed by atoms with E-state index < -0.39 is 6.10 Å². The van der Waals surface area contributed by atoms with E-state index in [4.69, 9.17) is 5.73 Å². The van der Waals surface area contributed by atoms with Gasteiger partial charge in [-0.1, -0.05) is 12.1 Å². The van der Waals surface area contributed by atoms with Gasteiger partial charge in [-0.15, -0.1) is 0 Å². The van der Waals surface area contributed by atoms with Gasteiger partial charge in [0.1, 0.15) is 0 Å². The highest BCUT2D eigenvalue weighted by molar-refractivity contribution is 5.82. The number of fused-ring (bicyclic) bond motifs is 1. The van der Waals surface area contributed by atoms with Crippen LogP contribution in [0.3, 0.4) is 0 Å². The molecule has 0 aromatic heterocycles. The molecule has 2 heterocycles. The highest BCUT2D eigenvalue weighted by atomic mass is 16.3. The number of likely N-dealkylation sites (tertiary alicyclic amines) is 1. The second-order valence-electron chi connectivity index (χ2n) is 5.74. The fourth-order valence-corrected chi connectivity index (χ4v) is 3.31. The number of piperidine rings is 1. The summed E-state index contributed by atoms with van der Waals surface area (Å²) in [6.45, 7) is 2.22. The Hall–Kier alpha value is -1.59. The van der Waals surface area contributed by atoms with Crippen molar-refractivity contribution in [1.82, 2.24) is 10.2 Å². The van der Waals surface area contributed by atoms with Gasteiger partial charge in [0, 0.05) is 24.8 Å². The zero-order chi connectivity index (χ0) is 14.1. The molecule has 5 heteroatoms. The number of hydrogen-bond donors (Lipinski definition) is 3. The van der Waals surface area contributed by atoms with Crippen LogP contribution in [0, 0.1) is 5.92 Å². The summed E-state index contributed by atoms with van der Waals surface area (Å²) >= 11 is 0. The number of nitrogens with zero attached hydrogens (tertiary/aromatic N) is 1. The zero-order valence-electron chi connectivity index (χ0n) is 11.5. The Morgan fingerprint density at radius 1 is 1.40 bits per heavy atom. The first-order chi connectivity index (χ1) is 9.65. The number of β-amino-alcohol motifs (C(OH)–C–C–N with tert-alkyl or cyclic N) is 1. The van der Waals surface area contributed by atoms with Crippen molar-refractivity contribution in [2.24, 2.45) is 5.92 Å². The minimum Gasteiger partial charge on any atom is -0.399 e. The zero-order valence-corrected chi connectivity index (χ0v) is 11.5. The van der Waals surface area contributed by atoms with E-state index in [9.17, 15) is 9.90 Å². The predicted molar refractivity (Wildman–Crippen MR) is 76.9 cm³/mol. The average Bonchev–Trinajstić information content (AvgIpc) is 2.82. The third kappa shape index (κ3) is 2.51. The molecule has 4 N–H and O–H groups in total. The minimum absolute atomic E-state index is 0.0994. The van der Waals surface area contributed by atoms with Crippen molar-refractivity contribution in [3.63, 3.8) is 0 Å². The van der Waals surface area contributed by atoms with Gasteiger partial charge in [0.15, 0.2) is 0 Å². The number of aliphatic hydroxyl groups is 1. The Labute approximate surface area is 118 Å². The molecule has 20 heavy (non-hydrogen) atoms. The third-order valence-electron chi connectivity index (χ3n) is 4.44. The molecule has 3 atom stereocenters.